The Morgan fingerprint density at radius 3 is 2.81 bits per heavy atom. The van der Waals surface area contributed by atoms with Gasteiger partial charge in [0, 0.05) is 10.0 Å². The van der Waals surface area contributed by atoms with Gasteiger partial charge in [0.25, 0.3) is 0 Å². The van der Waals surface area contributed by atoms with Crippen molar-refractivity contribution in [3.8, 4) is 5.75 Å². The van der Waals surface area contributed by atoms with E-state index in [0.717, 1.165) is 22.0 Å². The SMILES string of the molecule is C=C(CC)COc1cc(Br)ccc1[C@H](C)O. The van der Waals surface area contributed by atoms with Crippen LogP contribution in [-0.4, -0.2) is 11.7 Å². The predicted octanol–water partition coefficient (Wildman–Crippen LogP) is 3.85. The van der Waals surface area contributed by atoms with Crippen molar-refractivity contribution in [3.05, 3.63) is 40.4 Å². The monoisotopic (exact) mass is 284 g/mol. The van der Waals surface area contributed by atoms with Crippen LogP contribution >= 0.6 is 15.9 Å². The second-order valence-electron chi connectivity index (χ2n) is 3.75. The highest BCUT2D eigenvalue weighted by Crippen LogP contribution is 2.28. The number of aliphatic hydroxyl groups excluding tert-OH is 1. The van der Waals surface area contributed by atoms with Gasteiger partial charge in [-0.15, -0.1) is 0 Å². The molecule has 0 bridgehead atoms. The van der Waals surface area contributed by atoms with Gasteiger partial charge in [-0.3, -0.25) is 0 Å². The Balaban J connectivity index is 2.84. The number of hydrogen-bond donors (Lipinski definition) is 1. The number of benzene rings is 1. The maximum atomic E-state index is 9.60. The van der Waals surface area contributed by atoms with E-state index in [1.807, 2.05) is 25.1 Å². The van der Waals surface area contributed by atoms with Crippen molar-refractivity contribution in [2.45, 2.75) is 26.4 Å². The molecule has 0 unspecified atom stereocenters. The van der Waals surface area contributed by atoms with Gasteiger partial charge < -0.3 is 9.84 Å². The van der Waals surface area contributed by atoms with Crippen LogP contribution in [0.25, 0.3) is 0 Å². The number of rotatable bonds is 5. The van der Waals surface area contributed by atoms with Crippen LogP contribution in [0, 0.1) is 0 Å². The molecule has 0 aliphatic carbocycles. The summed E-state index contributed by atoms with van der Waals surface area (Å²) in [5, 5.41) is 9.60. The van der Waals surface area contributed by atoms with E-state index in [1.165, 1.54) is 0 Å². The molecule has 1 rings (SSSR count). The van der Waals surface area contributed by atoms with Crippen molar-refractivity contribution in [1.29, 1.82) is 0 Å². The smallest absolute Gasteiger partial charge is 0.126 e. The van der Waals surface area contributed by atoms with Gasteiger partial charge in [-0.2, -0.15) is 0 Å². The Kier molecular flexibility index (Phi) is 5.03. The average Bonchev–Trinajstić information content (AvgIpc) is 2.25. The van der Waals surface area contributed by atoms with Crippen LogP contribution in [0.5, 0.6) is 5.75 Å². The first-order chi connectivity index (χ1) is 7.54. The third-order valence-electron chi connectivity index (χ3n) is 2.36. The Hall–Kier alpha value is -0.800. The molecule has 1 N–H and O–H groups in total. The van der Waals surface area contributed by atoms with E-state index in [-0.39, 0.29) is 0 Å². The van der Waals surface area contributed by atoms with E-state index in [9.17, 15) is 5.11 Å². The zero-order valence-corrected chi connectivity index (χ0v) is 11.3. The van der Waals surface area contributed by atoms with Crippen LogP contribution < -0.4 is 4.74 Å². The third kappa shape index (κ3) is 3.65. The normalized spacial score (nSPS) is 12.2. The lowest BCUT2D eigenvalue weighted by atomic mass is 10.1. The number of halogens is 1. The molecule has 0 saturated heterocycles. The molecule has 1 atom stereocenters. The quantitative estimate of drug-likeness (QED) is 0.833. The van der Waals surface area contributed by atoms with Crippen LogP contribution in [0.4, 0.5) is 0 Å². The highest BCUT2D eigenvalue weighted by atomic mass is 79.9. The molecule has 3 heteroatoms. The fraction of sp³-hybridized carbons (Fsp3) is 0.385. The van der Waals surface area contributed by atoms with Gasteiger partial charge >= 0.3 is 0 Å². The van der Waals surface area contributed by atoms with Gasteiger partial charge in [0.15, 0.2) is 0 Å². The molecular formula is C13H17BrO2. The highest BCUT2D eigenvalue weighted by molar-refractivity contribution is 9.10. The lowest BCUT2D eigenvalue weighted by Gasteiger charge is -2.14. The molecule has 0 aromatic heterocycles. The van der Waals surface area contributed by atoms with Crippen LogP contribution in [0.1, 0.15) is 31.9 Å². The molecule has 0 spiro atoms. The van der Waals surface area contributed by atoms with Crippen molar-refractivity contribution in [3.63, 3.8) is 0 Å². The summed E-state index contributed by atoms with van der Waals surface area (Å²) >= 11 is 3.39. The molecule has 0 amide bonds. The van der Waals surface area contributed by atoms with E-state index in [0.29, 0.717) is 12.4 Å². The van der Waals surface area contributed by atoms with Crippen LogP contribution in [0.2, 0.25) is 0 Å². The summed E-state index contributed by atoms with van der Waals surface area (Å²) in [4.78, 5) is 0. The lowest BCUT2D eigenvalue weighted by molar-refractivity contribution is 0.192. The molecule has 0 aliphatic heterocycles. The van der Waals surface area contributed by atoms with Gasteiger partial charge in [0.1, 0.15) is 12.4 Å². The molecule has 0 heterocycles. The molecule has 0 fully saturated rings. The Labute approximate surface area is 105 Å². The van der Waals surface area contributed by atoms with E-state index in [4.69, 9.17) is 4.74 Å². The van der Waals surface area contributed by atoms with Crippen LogP contribution in [0.3, 0.4) is 0 Å². The van der Waals surface area contributed by atoms with Crippen molar-refractivity contribution >= 4 is 15.9 Å². The van der Waals surface area contributed by atoms with Gasteiger partial charge in [-0.25, -0.2) is 0 Å². The van der Waals surface area contributed by atoms with Gasteiger partial charge in [0.05, 0.1) is 6.10 Å². The molecule has 0 radical (unpaired) electrons. The van der Waals surface area contributed by atoms with E-state index < -0.39 is 6.10 Å². The average molecular weight is 285 g/mol. The number of hydrogen-bond acceptors (Lipinski definition) is 2. The molecular weight excluding hydrogens is 268 g/mol. The van der Waals surface area contributed by atoms with E-state index in [1.54, 1.807) is 6.92 Å². The van der Waals surface area contributed by atoms with Crippen molar-refractivity contribution in [2.75, 3.05) is 6.61 Å². The molecule has 0 aliphatic rings. The van der Waals surface area contributed by atoms with Gasteiger partial charge in [0.2, 0.25) is 0 Å². The third-order valence-corrected chi connectivity index (χ3v) is 2.85. The van der Waals surface area contributed by atoms with Gasteiger partial charge in [-0.05, 0) is 31.1 Å². The Morgan fingerprint density at radius 2 is 2.25 bits per heavy atom. The standard InChI is InChI=1S/C13H17BrO2/c1-4-9(2)8-16-13-7-11(14)5-6-12(13)10(3)15/h5-7,10,15H,2,4,8H2,1,3H3/t10-/m0/s1. The predicted molar refractivity (Wildman–Crippen MR) is 69.7 cm³/mol. The fourth-order valence-corrected chi connectivity index (χ4v) is 1.60. The van der Waals surface area contributed by atoms with Crippen molar-refractivity contribution in [1.82, 2.24) is 0 Å². The Morgan fingerprint density at radius 1 is 1.56 bits per heavy atom. The maximum absolute atomic E-state index is 9.60. The molecule has 16 heavy (non-hydrogen) atoms. The summed E-state index contributed by atoms with van der Waals surface area (Å²) in [6.45, 7) is 8.15. The first-order valence-corrected chi connectivity index (χ1v) is 6.10. The highest BCUT2D eigenvalue weighted by Gasteiger charge is 2.09. The Bertz CT molecular complexity index is 372. The maximum Gasteiger partial charge on any atom is 0.126 e. The second kappa shape index (κ2) is 6.06. The minimum Gasteiger partial charge on any atom is -0.489 e. The van der Waals surface area contributed by atoms with Crippen LogP contribution in [0.15, 0.2) is 34.8 Å². The zero-order valence-electron chi connectivity index (χ0n) is 9.66. The summed E-state index contributed by atoms with van der Waals surface area (Å²) < 4.78 is 6.58. The van der Waals surface area contributed by atoms with Crippen LogP contribution in [-0.2, 0) is 0 Å². The summed E-state index contributed by atoms with van der Waals surface area (Å²) in [5.74, 6) is 0.707. The van der Waals surface area contributed by atoms with Crippen molar-refractivity contribution in [2.24, 2.45) is 0 Å². The first-order valence-electron chi connectivity index (χ1n) is 5.31. The molecule has 2 nitrogen and oxygen atoms in total. The van der Waals surface area contributed by atoms with Crippen molar-refractivity contribution < 1.29 is 9.84 Å². The largest absolute Gasteiger partial charge is 0.489 e. The molecule has 88 valence electrons. The number of aliphatic hydroxyl groups is 1. The van der Waals surface area contributed by atoms with E-state index >= 15 is 0 Å². The second-order valence-corrected chi connectivity index (χ2v) is 4.67. The number of ether oxygens (including phenoxy) is 1. The first kappa shape index (κ1) is 13.3. The lowest BCUT2D eigenvalue weighted by Crippen LogP contribution is -2.03. The molecule has 1 aromatic carbocycles. The summed E-state index contributed by atoms with van der Waals surface area (Å²) in [6.07, 6.45) is 0.371. The fourth-order valence-electron chi connectivity index (χ4n) is 1.26. The summed E-state index contributed by atoms with van der Waals surface area (Å²) in [6, 6.07) is 5.62. The summed E-state index contributed by atoms with van der Waals surface area (Å²) in [5.41, 5.74) is 1.84. The zero-order chi connectivity index (χ0) is 12.1. The molecule has 1 aromatic rings. The topological polar surface area (TPSA) is 29.5 Å². The van der Waals surface area contributed by atoms with Gasteiger partial charge in [-0.1, -0.05) is 35.5 Å². The molecule has 0 saturated carbocycles. The summed E-state index contributed by atoms with van der Waals surface area (Å²) in [7, 11) is 0. The van der Waals surface area contributed by atoms with E-state index in [2.05, 4.69) is 22.5 Å². The minimum atomic E-state index is -0.530. The minimum absolute atomic E-state index is 0.493.